The zero-order valence-electron chi connectivity index (χ0n) is 17.6. The van der Waals surface area contributed by atoms with E-state index in [0.29, 0.717) is 17.2 Å². The highest BCUT2D eigenvalue weighted by atomic mass is 16.6. The summed E-state index contributed by atoms with van der Waals surface area (Å²) in [6.07, 6.45) is 1.77. The Bertz CT molecular complexity index is 1130. The number of esters is 1. The van der Waals surface area contributed by atoms with Crippen LogP contribution in [0.3, 0.4) is 0 Å². The molecule has 0 fully saturated rings. The van der Waals surface area contributed by atoms with Crippen LogP contribution in [0.25, 0.3) is 10.9 Å². The number of carbonyl (C=O) groups is 1. The van der Waals surface area contributed by atoms with Crippen LogP contribution in [0.4, 0.5) is 11.6 Å². The molecule has 0 radical (unpaired) electrons. The molecule has 0 saturated carbocycles. The first kappa shape index (κ1) is 19.3. The van der Waals surface area contributed by atoms with E-state index < -0.39 is 11.1 Å². The van der Waals surface area contributed by atoms with Crippen LogP contribution in [0.1, 0.15) is 62.3 Å². The number of cyclic esters (lactones) is 1. The van der Waals surface area contributed by atoms with E-state index in [1.807, 2.05) is 47.7 Å². The number of nitrogens with zero attached hydrogens (tertiary/aromatic N) is 4. The summed E-state index contributed by atoms with van der Waals surface area (Å²) in [5.41, 5.74) is 8.04. The van der Waals surface area contributed by atoms with Crippen molar-refractivity contribution in [3.8, 4) is 0 Å². The molecule has 0 spiro atoms. The van der Waals surface area contributed by atoms with E-state index >= 15 is 0 Å². The van der Waals surface area contributed by atoms with E-state index in [-0.39, 0.29) is 11.9 Å². The third-order valence-corrected chi connectivity index (χ3v) is 5.56. The molecule has 3 N–H and O–H groups in total. The zero-order chi connectivity index (χ0) is 21.1. The summed E-state index contributed by atoms with van der Waals surface area (Å²) in [6.45, 7) is 9.66. The number of nitrogens with one attached hydrogen (secondary N) is 1. The van der Waals surface area contributed by atoms with Gasteiger partial charge in [0.2, 0.25) is 0 Å². The molecule has 0 amide bonds. The summed E-state index contributed by atoms with van der Waals surface area (Å²) in [4.78, 5) is 21.5. The lowest BCUT2D eigenvalue weighted by molar-refractivity contribution is -0.0189. The number of pyridine rings is 2. The minimum atomic E-state index is -0.607. The van der Waals surface area contributed by atoms with Crippen LogP contribution >= 0.6 is 0 Å². The van der Waals surface area contributed by atoms with Gasteiger partial charge in [-0.05, 0) is 45.9 Å². The van der Waals surface area contributed by atoms with Crippen LogP contribution in [0.15, 0.2) is 24.4 Å². The number of hydrogen-bond donors (Lipinski definition) is 2. The van der Waals surface area contributed by atoms with Crippen molar-refractivity contribution in [2.75, 3.05) is 5.32 Å². The Morgan fingerprint density at radius 2 is 2.00 bits per heavy atom. The van der Waals surface area contributed by atoms with Gasteiger partial charge in [0, 0.05) is 18.4 Å². The van der Waals surface area contributed by atoms with Crippen LogP contribution in [-0.2, 0) is 17.3 Å². The summed E-state index contributed by atoms with van der Waals surface area (Å²) in [6, 6.07) is 5.43. The topological polar surface area (TPSA) is 108 Å². The van der Waals surface area contributed by atoms with Crippen LogP contribution in [0.2, 0.25) is 0 Å². The van der Waals surface area contributed by atoms with E-state index in [1.54, 1.807) is 23.0 Å². The minimum absolute atomic E-state index is 0.0321. The van der Waals surface area contributed by atoms with Crippen molar-refractivity contribution in [3.05, 3.63) is 41.3 Å². The lowest BCUT2D eigenvalue weighted by Crippen LogP contribution is -2.39. The van der Waals surface area contributed by atoms with Gasteiger partial charge in [-0.25, -0.2) is 14.8 Å². The number of carbonyl (C=O) groups excluding carboxylic acids is 1. The van der Waals surface area contributed by atoms with Crippen molar-refractivity contribution in [1.29, 1.82) is 0 Å². The smallest absolute Gasteiger partial charge is 0.340 e. The van der Waals surface area contributed by atoms with Crippen molar-refractivity contribution >= 4 is 28.5 Å². The minimum Gasteiger partial charge on any atom is -0.455 e. The normalized spacial score (nSPS) is 18.4. The third-order valence-electron chi connectivity index (χ3n) is 5.56. The number of hydrogen-bond acceptors (Lipinski definition) is 7. The number of ether oxygens (including phenoxy) is 1. The molecular weight excluding hydrogens is 368 g/mol. The summed E-state index contributed by atoms with van der Waals surface area (Å²) in [7, 11) is 1.87. The molecule has 4 rings (SSSR count). The summed E-state index contributed by atoms with van der Waals surface area (Å²) in [5, 5.41) is 8.74. The van der Waals surface area contributed by atoms with E-state index in [1.165, 1.54) is 0 Å². The van der Waals surface area contributed by atoms with Gasteiger partial charge in [0.05, 0.1) is 34.2 Å². The van der Waals surface area contributed by atoms with Crippen molar-refractivity contribution < 1.29 is 9.53 Å². The van der Waals surface area contributed by atoms with Gasteiger partial charge in [-0.3, -0.25) is 4.68 Å². The van der Waals surface area contributed by atoms with E-state index in [4.69, 9.17) is 15.5 Å². The second-order valence-electron chi connectivity index (χ2n) is 8.75. The number of aromatic nitrogens is 4. The van der Waals surface area contributed by atoms with Gasteiger partial charge in [-0.2, -0.15) is 5.10 Å². The quantitative estimate of drug-likeness (QED) is 0.656. The molecule has 3 aromatic heterocycles. The Morgan fingerprint density at radius 1 is 1.28 bits per heavy atom. The number of anilines is 2. The first-order valence-corrected chi connectivity index (χ1v) is 9.61. The van der Waals surface area contributed by atoms with Crippen LogP contribution in [0, 0.1) is 0 Å². The third kappa shape index (κ3) is 3.23. The second-order valence-corrected chi connectivity index (χ2v) is 8.75. The van der Waals surface area contributed by atoms with E-state index in [9.17, 15) is 4.79 Å². The van der Waals surface area contributed by atoms with E-state index in [0.717, 1.165) is 22.3 Å². The second kappa shape index (κ2) is 6.25. The number of rotatable bonds is 3. The Hall–Kier alpha value is -3.00. The Balaban J connectivity index is 1.73. The van der Waals surface area contributed by atoms with Gasteiger partial charge < -0.3 is 15.8 Å². The molecule has 152 valence electrons. The van der Waals surface area contributed by atoms with Gasteiger partial charge in [-0.15, -0.1) is 0 Å². The average molecular weight is 394 g/mol. The van der Waals surface area contributed by atoms with Crippen molar-refractivity contribution in [1.82, 2.24) is 19.7 Å². The molecule has 0 bridgehead atoms. The largest absolute Gasteiger partial charge is 0.455 e. The Kier molecular flexibility index (Phi) is 4.16. The maximum absolute atomic E-state index is 12.3. The fraction of sp³-hybridized carbons (Fsp3) is 0.429. The van der Waals surface area contributed by atoms with Gasteiger partial charge in [-0.1, -0.05) is 6.92 Å². The molecule has 0 aliphatic carbocycles. The zero-order valence-corrected chi connectivity index (χ0v) is 17.6. The van der Waals surface area contributed by atoms with Crippen LogP contribution in [-0.4, -0.2) is 31.3 Å². The van der Waals surface area contributed by atoms with E-state index in [2.05, 4.69) is 15.4 Å². The summed E-state index contributed by atoms with van der Waals surface area (Å²) < 4.78 is 7.31. The van der Waals surface area contributed by atoms with Crippen LogP contribution < -0.4 is 11.1 Å². The molecule has 1 unspecified atom stereocenters. The maximum Gasteiger partial charge on any atom is 0.340 e. The number of aryl methyl sites for hydroxylation is 1. The van der Waals surface area contributed by atoms with Crippen molar-refractivity contribution in [2.45, 2.75) is 51.7 Å². The van der Waals surface area contributed by atoms with Crippen molar-refractivity contribution in [3.63, 3.8) is 0 Å². The van der Waals surface area contributed by atoms with Gasteiger partial charge in [0.1, 0.15) is 17.2 Å². The standard InChI is InChI=1S/C21H26N6O2/c1-11-17-12(19(28)29-21(11,4)5)7-8-15(25-17)24-16-9-13-14(10-23-16)27(6)26-18(13)20(2,3)22/h7-11H,22H2,1-6H3,(H,23,24,25). The highest BCUT2D eigenvalue weighted by Crippen LogP contribution is 2.38. The molecule has 0 aromatic carbocycles. The Morgan fingerprint density at radius 3 is 2.69 bits per heavy atom. The lowest BCUT2D eigenvalue weighted by Gasteiger charge is -2.36. The highest BCUT2D eigenvalue weighted by Gasteiger charge is 2.40. The molecule has 4 heterocycles. The number of nitrogens with two attached hydrogens (primary N) is 1. The SMILES string of the molecule is CC1c2nc(Nc3cc4c(C(C)(C)N)nn(C)c4cn3)ccc2C(=O)OC1(C)C. The monoisotopic (exact) mass is 394 g/mol. The molecule has 29 heavy (non-hydrogen) atoms. The molecule has 1 aliphatic rings. The van der Waals surface area contributed by atoms with Gasteiger partial charge >= 0.3 is 5.97 Å². The fourth-order valence-electron chi connectivity index (χ4n) is 3.59. The van der Waals surface area contributed by atoms with Crippen molar-refractivity contribution in [2.24, 2.45) is 12.8 Å². The molecule has 0 saturated heterocycles. The Labute approximate surface area is 169 Å². The average Bonchev–Trinajstić information content (AvgIpc) is 2.96. The molecule has 8 nitrogen and oxygen atoms in total. The number of fused-ring (bicyclic) bond motifs is 2. The first-order chi connectivity index (χ1) is 13.5. The predicted octanol–water partition coefficient (Wildman–Crippen LogP) is 3.35. The van der Waals surface area contributed by atoms with Crippen LogP contribution in [0.5, 0.6) is 0 Å². The molecule has 1 aliphatic heterocycles. The fourth-order valence-corrected chi connectivity index (χ4v) is 3.59. The molecule has 8 heteroatoms. The maximum atomic E-state index is 12.3. The molecule has 3 aromatic rings. The summed E-state index contributed by atoms with van der Waals surface area (Å²) in [5.74, 6) is 0.876. The first-order valence-electron chi connectivity index (χ1n) is 9.61. The molecular formula is C21H26N6O2. The molecule has 1 atom stereocenters. The lowest BCUT2D eigenvalue weighted by atomic mass is 9.84. The van der Waals surface area contributed by atoms with Gasteiger partial charge in [0.15, 0.2) is 0 Å². The highest BCUT2D eigenvalue weighted by molar-refractivity contribution is 5.93. The summed E-state index contributed by atoms with van der Waals surface area (Å²) >= 11 is 0. The van der Waals surface area contributed by atoms with Gasteiger partial charge in [0.25, 0.3) is 0 Å². The predicted molar refractivity (Wildman–Crippen MR) is 111 cm³/mol.